The Balaban J connectivity index is 0.00000180. The predicted octanol–water partition coefficient (Wildman–Crippen LogP) is -0.476. The van der Waals surface area contributed by atoms with E-state index in [1.165, 1.54) is 4.90 Å². The van der Waals surface area contributed by atoms with Crippen molar-refractivity contribution in [1.82, 2.24) is 15.5 Å². The summed E-state index contributed by atoms with van der Waals surface area (Å²) in [7, 11) is 1.66. The molecule has 0 aromatic rings. The SMILES string of the molecule is CN(CC(=O)NC1CC1)C(=O)CC1CNCCO1.Cl. The van der Waals surface area contributed by atoms with Gasteiger partial charge < -0.3 is 20.3 Å². The number of hydrogen-bond donors (Lipinski definition) is 2. The van der Waals surface area contributed by atoms with Gasteiger partial charge in [0.15, 0.2) is 0 Å². The van der Waals surface area contributed by atoms with Crippen LogP contribution in [-0.2, 0) is 14.3 Å². The van der Waals surface area contributed by atoms with Gasteiger partial charge in [-0.05, 0) is 12.8 Å². The summed E-state index contributed by atoms with van der Waals surface area (Å²) in [6, 6.07) is 0.340. The maximum atomic E-state index is 11.9. The minimum Gasteiger partial charge on any atom is -0.375 e. The number of morpholine rings is 1. The third-order valence-corrected chi connectivity index (χ3v) is 3.16. The molecule has 0 aromatic heterocycles. The molecule has 2 fully saturated rings. The molecule has 0 aromatic carbocycles. The zero-order valence-electron chi connectivity index (χ0n) is 11.2. The quantitative estimate of drug-likeness (QED) is 0.718. The Bertz CT molecular complexity index is 317. The molecule has 0 bridgehead atoms. The van der Waals surface area contributed by atoms with E-state index in [0.717, 1.165) is 19.4 Å². The Kier molecular flexibility index (Phi) is 6.54. The van der Waals surface area contributed by atoms with Gasteiger partial charge in [-0.15, -0.1) is 12.4 Å². The molecular formula is C12H22ClN3O3. The maximum Gasteiger partial charge on any atom is 0.239 e. The van der Waals surface area contributed by atoms with Crippen LogP contribution in [0.1, 0.15) is 19.3 Å². The molecule has 2 amide bonds. The van der Waals surface area contributed by atoms with E-state index in [0.29, 0.717) is 25.6 Å². The molecule has 1 unspecified atom stereocenters. The summed E-state index contributed by atoms with van der Waals surface area (Å²) >= 11 is 0. The van der Waals surface area contributed by atoms with Gasteiger partial charge in [-0.2, -0.15) is 0 Å². The minimum atomic E-state index is -0.0731. The van der Waals surface area contributed by atoms with Gasteiger partial charge in [0.2, 0.25) is 11.8 Å². The fourth-order valence-corrected chi connectivity index (χ4v) is 1.91. The van der Waals surface area contributed by atoms with E-state index >= 15 is 0 Å². The number of nitrogens with one attached hydrogen (secondary N) is 2. The standard InChI is InChI=1S/C12H21N3O3.ClH/c1-15(8-11(16)14-9-2-3-9)12(17)6-10-7-13-4-5-18-10;/h9-10,13H,2-8H2,1H3,(H,14,16);1H. The van der Waals surface area contributed by atoms with E-state index in [1.807, 2.05) is 0 Å². The van der Waals surface area contributed by atoms with Gasteiger partial charge in [0.05, 0.1) is 25.7 Å². The van der Waals surface area contributed by atoms with Crippen molar-refractivity contribution in [2.75, 3.05) is 33.3 Å². The number of halogens is 1. The Hall–Kier alpha value is -0.850. The molecule has 2 N–H and O–H groups in total. The zero-order valence-corrected chi connectivity index (χ0v) is 12.0. The Morgan fingerprint density at radius 1 is 1.42 bits per heavy atom. The van der Waals surface area contributed by atoms with Crippen molar-refractivity contribution in [2.24, 2.45) is 0 Å². The maximum absolute atomic E-state index is 11.9. The van der Waals surface area contributed by atoms with E-state index < -0.39 is 0 Å². The van der Waals surface area contributed by atoms with Gasteiger partial charge in [0, 0.05) is 26.2 Å². The highest BCUT2D eigenvalue weighted by atomic mass is 35.5. The van der Waals surface area contributed by atoms with Crippen LogP contribution in [0.15, 0.2) is 0 Å². The average molecular weight is 292 g/mol. The van der Waals surface area contributed by atoms with Gasteiger partial charge in [-0.1, -0.05) is 0 Å². The fourth-order valence-electron chi connectivity index (χ4n) is 1.91. The molecule has 1 aliphatic carbocycles. The molecule has 1 atom stereocenters. The van der Waals surface area contributed by atoms with Crippen molar-refractivity contribution in [2.45, 2.75) is 31.4 Å². The normalized spacial score (nSPS) is 22.3. The lowest BCUT2D eigenvalue weighted by Gasteiger charge is -2.25. The van der Waals surface area contributed by atoms with Gasteiger partial charge in [0.25, 0.3) is 0 Å². The second-order valence-electron chi connectivity index (χ2n) is 4.99. The molecule has 2 aliphatic rings. The molecule has 1 saturated carbocycles. The van der Waals surface area contributed by atoms with E-state index in [1.54, 1.807) is 7.05 Å². The highest BCUT2D eigenvalue weighted by Gasteiger charge is 2.25. The summed E-state index contributed by atoms with van der Waals surface area (Å²) in [5.74, 6) is -0.120. The molecule has 110 valence electrons. The number of amides is 2. The van der Waals surface area contributed by atoms with Crippen LogP contribution >= 0.6 is 12.4 Å². The first-order chi connectivity index (χ1) is 8.65. The van der Waals surface area contributed by atoms with Crippen LogP contribution in [0.4, 0.5) is 0 Å². The lowest BCUT2D eigenvalue weighted by atomic mass is 10.2. The Morgan fingerprint density at radius 3 is 2.74 bits per heavy atom. The van der Waals surface area contributed by atoms with Gasteiger partial charge in [-0.25, -0.2) is 0 Å². The summed E-state index contributed by atoms with van der Waals surface area (Å²) in [6.07, 6.45) is 2.39. The zero-order chi connectivity index (χ0) is 13.0. The van der Waals surface area contributed by atoms with Crippen LogP contribution in [0, 0.1) is 0 Å². The first kappa shape index (κ1) is 16.2. The summed E-state index contributed by atoms with van der Waals surface area (Å²) in [5.41, 5.74) is 0. The van der Waals surface area contributed by atoms with Crippen molar-refractivity contribution >= 4 is 24.2 Å². The summed E-state index contributed by atoms with van der Waals surface area (Å²) in [4.78, 5) is 24.9. The molecule has 1 saturated heterocycles. The first-order valence-corrected chi connectivity index (χ1v) is 6.51. The highest BCUT2D eigenvalue weighted by molar-refractivity contribution is 5.85. The van der Waals surface area contributed by atoms with E-state index in [2.05, 4.69) is 10.6 Å². The van der Waals surface area contributed by atoms with Crippen LogP contribution in [0.2, 0.25) is 0 Å². The molecular weight excluding hydrogens is 270 g/mol. The number of likely N-dealkylation sites (N-methyl/N-ethyl adjacent to an activating group) is 1. The van der Waals surface area contributed by atoms with Crippen molar-refractivity contribution in [3.05, 3.63) is 0 Å². The third-order valence-electron chi connectivity index (χ3n) is 3.16. The van der Waals surface area contributed by atoms with E-state index in [4.69, 9.17) is 4.74 Å². The molecule has 7 heteroatoms. The van der Waals surface area contributed by atoms with Crippen LogP contribution in [0.25, 0.3) is 0 Å². The molecule has 1 aliphatic heterocycles. The van der Waals surface area contributed by atoms with Gasteiger partial charge in [-0.3, -0.25) is 9.59 Å². The molecule has 19 heavy (non-hydrogen) atoms. The topological polar surface area (TPSA) is 70.7 Å². The molecule has 6 nitrogen and oxygen atoms in total. The van der Waals surface area contributed by atoms with Crippen LogP contribution in [0.5, 0.6) is 0 Å². The molecule has 0 spiro atoms. The largest absolute Gasteiger partial charge is 0.375 e. The van der Waals surface area contributed by atoms with Gasteiger partial charge >= 0.3 is 0 Å². The second kappa shape index (κ2) is 7.67. The van der Waals surface area contributed by atoms with Crippen molar-refractivity contribution in [1.29, 1.82) is 0 Å². The Labute approximate surface area is 119 Å². The highest BCUT2D eigenvalue weighted by Crippen LogP contribution is 2.18. The van der Waals surface area contributed by atoms with E-state index in [9.17, 15) is 9.59 Å². The van der Waals surface area contributed by atoms with Crippen molar-refractivity contribution in [3.63, 3.8) is 0 Å². The Morgan fingerprint density at radius 2 is 2.16 bits per heavy atom. The van der Waals surface area contributed by atoms with Crippen molar-refractivity contribution < 1.29 is 14.3 Å². The van der Waals surface area contributed by atoms with Crippen LogP contribution < -0.4 is 10.6 Å². The van der Waals surface area contributed by atoms with E-state index in [-0.39, 0.29) is 36.9 Å². The summed E-state index contributed by atoms with van der Waals surface area (Å²) in [6.45, 7) is 2.32. The number of ether oxygens (including phenoxy) is 1. The third kappa shape index (κ3) is 5.76. The minimum absolute atomic E-state index is 0. The smallest absolute Gasteiger partial charge is 0.239 e. The van der Waals surface area contributed by atoms with Crippen molar-refractivity contribution in [3.8, 4) is 0 Å². The van der Waals surface area contributed by atoms with Crippen LogP contribution in [-0.4, -0.2) is 62.1 Å². The summed E-state index contributed by atoms with van der Waals surface area (Å²) < 4.78 is 5.47. The number of carbonyl (C=O) groups is 2. The second-order valence-corrected chi connectivity index (χ2v) is 4.99. The number of hydrogen-bond acceptors (Lipinski definition) is 4. The average Bonchev–Trinajstić information content (AvgIpc) is 3.14. The van der Waals surface area contributed by atoms with Gasteiger partial charge in [0.1, 0.15) is 0 Å². The fraction of sp³-hybridized carbons (Fsp3) is 0.833. The lowest BCUT2D eigenvalue weighted by molar-refractivity contribution is -0.137. The molecule has 0 radical (unpaired) electrons. The number of carbonyl (C=O) groups excluding carboxylic acids is 2. The molecule has 2 rings (SSSR count). The summed E-state index contributed by atoms with van der Waals surface area (Å²) in [5, 5.41) is 6.05. The predicted molar refractivity (Wildman–Crippen MR) is 73.3 cm³/mol. The first-order valence-electron chi connectivity index (χ1n) is 6.51. The number of nitrogens with zero attached hydrogens (tertiary/aromatic N) is 1. The monoisotopic (exact) mass is 291 g/mol. The number of rotatable bonds is 5. The lowest BCUT2D eigenvalue weighted by Crippen LogP contribution is -2.44. The molecule has 1 heterocycles. The van der Waals surface area contributed by atoms with Crippen LogP contribution in [0.3, 0.4) is 0 Å².